The van der Waals surface area contributed by atoms with Crippen LogP contribution in [0.2, 0.25) is 36.3 Å². The van der Waals surface area contributed by atoms with Crippen molar-refractivity contribution in [3.8, 4) is 67.4 Å². The molecule has 2 aliphatic heterocycles. The van der Waals surface area contributed by atoms with Gasteiger partial charge in [-0.3, -0.25) is 0 Å². The third-order valence-corrected chi connectivity index (χ3v) is 22.0. The second kappa shape index (κ2) is 19.6. The Kier molecular flexibility index (Phi) is 13.6. The number of hydrogen-bond acceptors (Lipinski definition) is 2. The van der Waals surface area contributed by atoms with Gasteiger partial charge in [0.05, 0.1) is 22.8 Å². The largest absolute Gasteiger partial charge is 0.354 e. The lowest BCUT2D eigenvalue weighted by atomic mass is 9.92. The molecule has 362 valence electrons. The summed E-state index contributed by atoms with van der Waals surface area (Å²) in [7, 11) is -3.48. The van der Waals surface area contributed by atoms with Gasteiger partial charge in [0.2, 0.25) is 0 Å². The lowest BCUT2D eigenvalue weighted by Gasteiger charge is -2.38. The molecule has 0 radical (unpaired) electrons. The van der Waals surface area contributed by atoms with Gasteiger partial charge in [0, 0.05) is 55.4 Å². The number of nitrogens with zero attached hydrogens (tertiary/aromatic N) is 2. The first-order valence-electron chi connectivity index (χ1n) is 25.8. The topological polar surface area (TPSA) is 57.4 Å². The molecular weight excluding hydrogens is 905 g/mol. The highest BCUT2D eigenvalue weighted by atomic mass is 28.3. The third kappa shape index (κ3) is 9.59. The molecule has 4 nitrogen and oxygen atoms in total. The first-order chi connectivity index (χ1) is 34.2. The molecule has 9 rings (SSSR count). The zero-order valence-electron chi connectivity index (χ0n) is 45.2. The van der Waals surface area contributed by atoms with E-state index in [2.05, 4.69) is 257 Å². The molecule has 2 N–H and O–H groups in total. The van der Waals surface area contributed by atoms with Crippen LogP contribution >= 0.6 is 0 Å². The van der Waals surface area contributed by atoms with E-state index < -0.39 is 16.1 Å². The van der Waals surface area contributed by atoms with Crippen molar-refractivity contribution < 1.29 is 0 Å². The van der Waals surface area contributed by atoms with E-state index in [1.54, 1.807) is 0 Å². The minimum Gasteiger partial charge on any atom is -0.354 e. The summed E-state index contributed by atoms with van der Waals surface area (Å²) in [6.45, 7) is 34.3. The summed E-state index contributed by atoms with van der Waals surface area (Å²) in [5.41, 5.74) is 34.8. The summed E-state index contributed by atoms with van der Waals surface area (Å²) in [5, 5.41) is 0. The number of rotatable bonds is 7. The second-order valence-electron chi connectivity index (χ2n) is 22.4. The molecule has 0 fully saturated rings. The van der Waals surface area contributed by atoms with Crippen LogP contribution in [0.4, 0.5) is 0 Å². The van der Waals surface area contributed by atoms with Gasteiger partial charge >= 0.3 is 0 Å². The van der Waals surface area contributed by atoms with E-state index >= 15 is 0 Å². The van der Waals surface area contributed by atoms with Gasteiger partial charge in [-0.05, 0) is 176 Å². The van der Waals surface area contributed by atoms with Crippen LogP contribution in [0.25, 0.3) is 90.9 Å². The molecular formula is C66H70N4Si2. The van der Waals surface area contributed by atoms with E-state index in [1.165, 1.54) is 44.5 Å². The van der Waals surface area contributed by atoms with Gasteiger partial charge in [0.25, 0.3) is 0 Å². The highest BCUT2D eigenvalue weighted by Crippen LogP contribution is 2.43. The van der Waals surface area contributed by atoms with Crippen LogP contribution in [0, 0.1) is 64.5 Å². The maximum atomic E-state index is 5.65. The van der Waals surface area contributed by atoms with Gasteiger partial charge in [-0.1, -0.05) is 133 Å². The average molecular weight is 975 g/mol. The van der Waals surface area contributed by atoms with Crippen molar-refractivity contribution in [1.29, 1.82) is 0 Å². The summed E-state index contributed by atoms with van der Waals surface area (Å²) in [4.78, 5) is 19.2. The Morgan fingerprint density at radius 2 is 0.694 bits per heavy atom. The normalized spacial score (nSPS) is 12.4. The van der Waals surface area contributed by atoms with Crippen molar-refractivity contribution in [3.05, 3.63) is 164 Å². The fourth-order valence-corrected chi connectivity index (χ4v) is 17.5. The van der Waals surface area contributed by atoms with Crippen molar-refractivity contribution in [2.24, 2.45) is 0 Å². The monoisotopic (exact) mass is 975 g/mol. The fraction of sp³-hybridized carbons (Fsp3) is 0.273. The Morgan fingerprint density at radius 1 is 0.389 bits per heavy atom. The summed E-state index contributed by atoms with van der Waals surface area (Å²) < 4.78 is 0. The molecule has 6 heteroatoms. The predicted molar refractivity (Wildman–Crippen MR) is 317 cm³/mol. The molecule has 3 aromatic heterocycles. The Labute approximate surface area is 431 Å². The van der Waals surface area contributed by atoms with Crippen LogP contribution in [0.1, 0.15) is 109 Å². The molecule has 7 aromatic rings. The van der Waals surface area contributed by atoms with Gasteiger partial charge in [-0.2, -0.15) is 0 Å². The Morgan fingerprint density at radius 3 is 1.01 bits per heavy atom. The average Bonchev–Trinajstić information content (AvgIpc) is 4.16. The number of hydrogen-bond donors (Lipinski definition) is 2. The second-order valence-corrected chi connectivity index (χ2v) is 32.7. The summed E-state index contributed by atoms with van der Waals surface area (Å²) in [6, 6.07) is 35.6. The molecule has 72 heavy (non-hydrogen) atoms. The van der Waals surface area contributed by atoms with Gasteiger partial charge in [0.15, 0.2) is 0 Å². The van der Waals surface area contributed by atoms with Crippen LogP contribution in [0.3, 0.4) is 0 Å². The van der Waals surface area contributed by atoms with Crippen molar-refractivity contribution >= 4 is 62.5 Å². The van der Waals surface area contributed by atoms with Crippen LogP contribution in [0.15, 0.2) is 97.1 Å². The predicted octanol–water partition coefficient (Wildman–Crippen LogP) is 18.0. The van der Waals surface area contributed by atoms with Crippen molar-refractivity contribution in [2.75, 3.05) is 0 Å². The SMILES string of the molecule is Cc1cc(C)c(-c2c3nc(c(-c4ccc(C#C[Si](C(C)C)(C(C)C)C(C)C)cc4)c4ccc([nH]4)c(-c4c(C)cc(C)cc4C)c4nc(c(-c5ccc(C#C[Si](C)(C)C)cc5)c5ccc2[nH]5)C=C4)C=C3)c(C)c1. The Hall–Kier alpha value is -6.97. The summed E-state index contributed by atoms with van der Waals surface area (Å²) in [5.74, 6) is 7.17. The number of aromatic nitrogens is 4. The van der Waals surface area contributed by atoms with E-state index in [0.29, 0.717) is 16.6 Å². The van der Waals surface area contributed by atoms with E-state index in [-0.39, 0.29) is 0 Å². The molecule has 0 amide bonds. The number of nitrogens with one attached hydrogen (secondary N) is 2. The van der Waals surface area contributed by atoms with E-state index in [1.807, 2.05) is 0 Å². The van der Waals surface area contributed by atoms with Crippen LogP contribution in [-0.4, -0.2) is 36.1 Å². The van der Waals surface area contributed by atoms with E-state index in [4.69, 9.17) is 9.97 Å². The molecule has 0 atom stereocenters. The van der Waals surface area contributed by atoms with Crippen molar-refractivity contribution in [3.63, 3.8) is 0 Å². The van der Waals surface area contributed by atoms with Gasteiger partial charge in [-0.15, -0.1) is 11.1 Å². The molecule has 0 spiro atoms. The van der Waals surface area contributed by atoms with E-state index in [0.717, 1.165) is 89.4 Å². The minimum atomic E-state index is -1.92. The first-order valence-corrected chi connectivity index (χ1v) is 31.6. The van der Waals surface area contributed by atoms with Gasteiger partial charge < -0.3 is 9.97 Å². The smallest absolute Gasteiger partial charge is 0.146 e. The standard InChI is InChI=1S/C66H70N4Si2/c1-40(2)72(41(3)4,42(5)6)35-33-50-18-22-52(23-19-50)64-55-26-30-59(69-55)65(61-45(9)36-43(7)37-46(61)10)57-28-24-53(67-57)63(51-20-16-49(17-21-51)32-34-71(13,14)15)54-25-29-58(68-54)66(60-31-27-56(64)70-60)62-47(11)38-44(8)39-48(62)12/h16-31,36-42,67,70H,1-15H3. The number of aromatic amines is 2. The molecule has 0 unspecified atom stereocenters. The number of benzene rings is 4. The van der Waals surface area contributed by atoms with Gasteiger partial charge in [-0.25, -0.2) is 9.97 Å². The lowest BCUT2D eigenvalue weighted by Crippen LogP contribution is -2.43. The molecule has 4 aromatic carbocycles. The lowest BCUT2D eigenvalue weighted by molar-refractivity contribution is 0.838. The molecule has 5 heterocycles. The maximum Gasteiger partial charge on any atom is 0.146 e. The highest BCUT2D eigenvalue weighted by Gasteiger charge is 2.41. The van der Waals surface area contributed by atoms with Crippen LogP contribution in [-0.2, 0) is 0 Å². The number of aryl methyl sites for hydroxylation is 6. The van der Waals surface area contributed by atoms with Gasteiger partial charge in [0.1, 0.15) is 16.1 Å². The Bertz CT molecular complexity index is 3530. The van der Waals surface area contributed by atoms with Crippen molar-refractivity contribution in [1.82, 2.24) is 19.9 Å². The molecule has 8 bridgehead atoms. The van der Waals surface area contributed by atoms with Crippen LogP contribution in [0.5, 0.6) is 0 Å². The summed E-state index contributed by atoms with van der Waals surface area (Å²) in [6.07, 6.45) is 8.78. The fourth-order valence-electron chi connectivity index (χ4n) is 11.8. The minimum absolute atomic E-state index is 0.562. The Balaban J connectivity index is 1.39. The zero-order valence-corrected chi connectivity index (χ0v) is 47.2. The molecule has 2 aliphatic rings. The highest BCUT2D eigenvalue weighted by molar-refractivity contribution is 6.90. The molecule has 0 aliphatic carbocycles. The number of H-pyrrole nitrogens is 2. The van der Waals surface area contributed by atoms with E-state index in [9.17, 15) is 0 Å². The molecule has 0 saturated heterocycles. The zero-order chi connectivity index (χ0) is 51.4. The quantitative estimate of drug-likeness (QED) is 0.123. The first kappa shape index (κ1) is 50.0. The number of fused-ring (bicyclic) bond motifs is 8. The third-order valence-electron chi connectivity index (χ3n) is 14.8. The maximum absolute atomic E-state index is 5.65. The van der Waals surface area contributed by atoms with Crippen molar-refractivity contribution in [2.45, 2.75) is 119 Å². The van der Waals surface area contributed by atoms with Crippen LogP contribution < -0.4 is 0 Å². The summed E-state index contributed by atoms with van der Waals surface area (Å²) >= 11 is 0. The molecule has 0 saturated carbocycles.